The summed E-state index contributed by atoms with van der Waals surface area (Å²) in [5, 5.41) is 2.49. The van der Waals surface area contributed by atoms with Crippen molar-refractivity contribution in [3.05, 3.63) is 83.7 Å². The fraction of sp³-hybridized carbons (Fsp3) is 0.0909. The molecular weight excluding hydrogens is 400 g/mol. The molecule has 3 N–H and O–H groups in total. The van der Waals surface area contributed by atoms with Crippen LogP contribution in [-0.4, -0.2) is 36.9 Å². The van der Waals surface area contributed by atoms with Crippen molar-refractivity contribution in [3.8, 4) is 17.2 Å². The van der Waals surface area contributed by atoms with E-state index in [1.54, 1.807) is 54.6 Å². The van der Waals surface area contributed by atoms with Crippen molar-refractivity contribution in [2.45, 2.75) is 0 Å². The lowest BCUT2D eigenvalue weighted by Gasteiger charge is -2.10. The molecule has 31 heavy (non-hydrogen) atoms. The molecule has 9 heteroatoms. The Balaban J connectivity index is 1.59. The standard InChI is InChI=1S/C22H20N4O5/c1-23-22(29)19-13-18(10-11-24-19)31-16-8-6-14(7-9-16)20(27)25-26-21(28)15-4-3-5-17(12-15)30-2/h3-13H,1-2H3,(H,23,29)(H,25,27)(H,26,28). The van der Waals surface area contributed by atoms with Gasteiger partial charge in [-0.1, -0.05) is 6.07 Å². The van der Waals surface area contributed by atoms with E-state index in [1.165, 1.54) is 26.4 Å². The number of hydrogen-bond acceptors (Lipinski definition) is 6. The fourth-order valence-electron chi connectivity index (χ4n) is 2.56. The predicted octanol–water partition coefficient (Wildman–Crippen LogP) is 2.32. The SMILES string of the molecule is CNC(=O)c1cc(Oc2ccc(C(=O)NNC(=O)c3cccc(OC)c3)cc2)ccn1. The molecule has 1 heterocycles. The summed E-state index contributed by atoms with van der Waals surface area (Å²) in [7, 11) is 3.02. The van der Waals surface area contributed by atoms with Gasteiger partial charge in [0.1, 0.15) is 22.9 Å². The highest BCUT2D eigenvalue weighted by molar-refractivity contribution is 5.99. The van der Waals surface area contributed by atoms with Crippen molar-refractivity contribution in [1.82, 2.24) is 21.2 Å². The maximum atomic E-state index is 12.3. The molecule has 0 saturated heterocycles. The molecule has 0 spiro atoms. The number of nitrogens with one attached hydrogen (secondary N) is 3. The van der Waals surface area contributed by atoms with E-state index in [-0.39, 0.29) is 11.6 Å². The highest BCUT2D eigenvalue weighted by atomic mass is 16.5. The molecule has 0 unspecified atom stereocenters. The summed E-state index contributed by atoms with van der Waals surface area (Å²) >= 11 is 0. The van der Waals surface area contributed by atoms with Crippen LogP contribution in [0.4, 0.5) is 0 Å². The van der Waals surface area contributed by atoms with Crippen LogP contribution in [0.5, 0.6) is 17.2 Å². The molecule has 1 aromatic heterocycles. The molecule has 9 nitrogen and oxygen atoms in total. The topological polar surface area (TPSA) is 119 Å². The Morgan fingerprint density at radius 1 is 0.774 bits per heavy atom. The zero-order valence-electron chi connectivity index (χ0n) is 16.8. The lowest BCUT2D eigenvalue weighted by Crippen LogP contribution is -2.41. The van der Waals surface area contributed by atoms with E-state index < -0.39 is 11.8 Å². The summed E-state index contributed by atoms with van der Waals surface area (Å²) in [6.45, 7) is 0. The molecule has 0 saturated carbocycles. The number of amides is 3. The number of nitrogens with zero attached hydrogens (tertiary/aromatic N) is 1. The van der Waals surface area contributed by atoms with Gasteiger partial charge in [0.2, 0.25) is 0 Å². The van der Waals surface area contributed by atoms with Crippen LogP contribution in [0, 0.1) is 0 Å². The maximum absolute atomic E-state index is 12.3. The van der Waals surface area contributed by atoms with Crippen LogP contribution in [0.3, 0.4) is 0 Å². The minimum Gasteiger partial charge on any atom is -0.497 e. The number of aromatic nitrogens is 1. The molecule has 0 radical (unpaired) electrons. The van der Waals surface area contributed by atoms with Gasteiger partial charge in [-0.05, 0) is 48.5 Å². The van der Waals surface area contributed by atoms with Crippen molar-refractivity contribution in [1.29, 1.82) is 0 Å². The Labute approximate surface area is 178 Å². The van der Waals surface area contributed by atoms with E-state index in [0.29, 0.717) is 28.4 Å². The number of carbonyl (C=O) groups excluding carboxylic acids is 3. The molecule has 0 aliphatic rings. The highest BCUT2D eigenvalue weighted by Gasteiger charge is 2.11. The van der Waals surface area contributed by atoms with Crippen LogP contribution < -0.4 is 25.6 Å². The van der Waals surface area contributed by atoms with Crippen molar-refractivity contribution < 1.29 is 23.9 Å². The third-order valence-electron chi connectivity index (χ3n) is 4.16. The molecule has 0 aliphatic carbocycles. The van der Waals surface area contributed by atoms with Crippen molar-refractivity contribution in [3.63, 3.8) is 0 Å². The van der Waals surface area contributed by atoms with E-state index in [1.807, 2.05) is 0 Å². The molecule has 3 aromatic rings. The second-order valence-corrected chi connectivity index (χ2v) is 6.22. The largest absolute Gasteiger partial charge is 0.497 e. The van der Waals surface area contributed by atoms with Crippen molar-refractivity contribution in [2.24, 2.45) is 0 Å². The van der Waals surface area contributed by atoms with Crippen LogP contribution >= 0.6 is 0 Å². The second kappa shape index (κ2) is 9.88. The minimum atomic E-state index is -0.492. The summed E-state index contributed by atoms with van der Waals surface area (Å²) in [6.07, 6.45) is 1.47. The first-order chi connectivity index (χ1) is 15.0. The number of benzene rings is 2. The monoisotopic (exact) mass is 420 g/mol. The van der Waals surface area contributed by atoms with E-state index >= 15 is 0 Å². The fourth-order valence-corrected chi connectivity index (χ4v) is 2.56. The Morgan fingerprint density at radius 3 is 2.16 bits per heavy atom. The Bertz CT molecular complexity index is 1100. The highest BCUT2D eigenvalue weighted by Crippen LogP contribution is 2.22. The summed E-state index contributed by atoms with van der Waals surface area (Å²) in [5.41, 5.74) is 5.60. The van der Waals surface area contributed by atoms with Gasteiger partial charge >= 0.3 is 0 Å². The summed E-state index contributed by atoms with van der Waals surface area (Å²) < 4.78 is 10.8. The van der Waals surface area contributed by atoms with E-state index in [9.17, 15) is 14.4 Å². The van der Waals surface area contributed by atoms with Gasteiger partial charge in [-0.15, -0.1) is 0 Å². The van der Waals surface area contributed by atoms with Gasteiger partial charge in [0.05, 0.1) is 7.11 Å². The average Bonchev–Trinajstić information content (AvgIpc) is 2.82. The summed E-state index contributed by atoms with van der Waals surface area (Å²) in [6, 6.07) is 15.9. The third kappa shape index (κ3) is 5.57. The van der Waals surface area contributed by atoms with Gasteiger partial charge in [0, 0.05) is 30.4 Å². The molecule has 0 bridgehead atoms. The number of ether oxygens (including phenoxy) is 2. The van der Waals surface area contributed by atoms with Gasteiger partial charge in [-0.2, -0.15) is 0 Å². The van der Waals surface area contributed by atoms with Gasteiger partial charge in [-0.25, -0.2) is 0 Å². The lowest BCUT2D eigenvalue weighted by molar-refractivity contribution is 0.0846. The molecule has 0 aliphatic heterocycles. The van der Waals surface area contributed by atoms with Gasteiger partial charge in [0.25, 0.3) is 17.7 Å². The molecule has 0 atom stereocenters. The Hall–Kier alpha value is -4.40. The molecule has 158 valence electrons. The molecular formula is C22H20N4O5. The zero-order valence-corrected chi connectivity index (χ0v) is 16.8. The molecule has 3 amide bonds. The summed E-state index contributed by atoms with van der Waals surface area (Å²) in [5.74, 6) is 0.132. The third-order valence-corrected chi connectivity index (χ3v) is 4.16. The Morgan fingerprint density at radius 2 is 1.48 bits per heavy atom. The van der Waals surface area contributed by atoms with Gasteiger partial charge in [0.15, 0.2) is 0 Å². The van der Waals surface area contributed by atoms with Gasteiger partial charge < -0.3 is 14.8 Å². The molecule has 3 rings (SSSR count). The van der Waals surface area contributed by atoms with Gasteiger partial charge in [-0.3, -0.25) is 30.2 Å². The van der Waals surface area contributed by atoms with Crippen LogP contribution in [0.1, 0.15) is 31.2 Å². The van der Waals surface area contributed by atoms with Crippen LogP contribution in [-0.2, 0) is 0 Å². The minimum absolute atomic E-state index is 0.225. The predicted molar refractivity (Wildman–Crippen MR) is 112 cm³/mol. The zero-order chi connectivity index (χ0) is 22.2. The number of pyridine rings is 1. The van der Waals surface area contributed by atoms with E-state index in [2.05, 4.69) is 21.2 Å². The van der Waals surface area contributed by atoms with E-state index in [0.717, 1.165) is 0 Å². The van der Waals surface area contributed by atoms with Crippen molar-refractivity contribution in [2.75, 3.05) is 14.2 Å². The van der Waals surface area contributed by atoms with Crippen LogP contribution in [0.15, 0.2) is 66.9 Å². The maximum Gasteiger partial charge on any atom is 0.269 e. The summed E-state index contributed by atoms with van der Waals surface area (Å²) in [4.78, 5) is 40.1. The number of methoxy groups -OCH3 is 1. The molecule has 0 fully saturated rings. The van der Waals surface area contributed by atoms with Crippen molar-refractivity contribution >= 4 is 17.7 Å². The smallest absolute Gasteiger partial charge is 0.269 e. The second-order valence-electron chi connectivity index (χ2n) is 6.22. The first kappa shape index (κ1) is 21.3. The number of hydrogen-bond donors (Lipinski definition) is 3. The number of hydrazine groups is 1. The van der Waals surface area contributed by atoms with Crippen LogP contribution in [0.25, 0.3) is 0 Å². The first-order valence-electron chi connectivity index (χ1n) is 9.21. The number of carbonyl (C=O) groups is 3. The normalized spacial score (nSPS) is 10.0. The average molecular weight is 420 g/mol. The first-order valence-corrected chi connectivity index (χ1v) is 9.21. The van der Waals surface area contributed by atoms with Crippen LogP contribution in [0.2, 0.25) is 0 Å². The lowest BCUT2D eigenvalue weighted by atomic mass is 10.2. The number of rotatable bonds is 6. The quantitative estimate of drug-likeness (QED) is 0.527. The molecule has 2 aromatic carbocycles. The van der Waals surface area contributed by atoms with E-state index in [4.69, 9.17) is 9.47 Å². The Kier molecular flexibility index (Phi) is 6.79.